The van der Waals surface area contributed by atoms with Gasteiger partial charge in [-0.15, -0.1) is 0 Å². The first-order valence-corrected chi connectivity index (χ1v) is 14.4. The SMILES string of the molecule is Cc1cc(OC(=O)[C@@H]2CC(=O)N(c3cc(Cl)ccc3Cl)C2)ccc1N1C(=O)[C@@H]2C[C@@H](Br)[C@@H](Br)C[C@H]2C1=O. The molecule has 194 valence electrons. The van der Waals surface area contributed by atoms with Gasteiger partial charge in [0.2, 0.25) is 17.7 Å². The van der Waals surface area contributed by atoms with E-state index in [1.54, 1.807) is 43.3 Å². The second-order valence-electron chi connectivity index (χ2n) is 9.60. The fourth-order valence-corrected chi connectivity index (χ4v) is 6.89. The smallest absolute Gasteiger partial charge is 0.316 e. The molecular weight excluding hydrogens is 651 g/mol. The predicted molar refractivity (Wildman–Crippen MR) is 148 cm³/mol. The Kier molecular flexibility index (Phi) is 7.44. The normalized spacial score (nSPS) is 27.6. The molecule has 0 spiro atoms. The van der Waals surface area contributed by atoms with Crippen molar-refractivity contribution in [1.29, 1.82) is 0 Å². The molecule has 3 aliphatic rings. The van der Waals surface area contributed by atoms with Crippen molar-refractivity contribution in [3.05, 3.63) is 52.0 Å². The molecular formula is C26H22Br2Cl2N2O5. The van der Waals surface area contributed by atoms with Crippen molar-refractivity contribution in [3.63, 3.8) is 0 Å². The molecule has 0 N–H and O–H groups in total. The molecule has 1 saturated carbocycles. The molecule has 2 heterocycles. The van der Waals surface area contributed by atoms with Gasteiger partial charge in [0.25, 0.3) is 0 Å². The zero-order chi connectivity index (χ0) is 26.6. The number of alkyl halides is 2. The number of fused-ring (bicyclic) bond motifs is 1. The number of esters is 1. The van der Waals surface area contributed by atoms with Crippen LogP contribution >= 0.6 is 55.1 Å². The predicted octanol–water partition coefficient (Wildman–Crippen LogP) is 5.69. The Hall–Kier alpha value is -1.94. The van der Waals surface area contributed by atoms with Crippen LogP contribution in [0.15, 0.2) is 36.4 Å². The van der Waals surface area contributed by atoms with E-state index in [0.717, 1.165) is 0 Å². The molecule has 0 bridgehead atoms. The molecule has 2 aliphatic heterocycles. The Bertz CT molecular complexity index is 1290. The number of aryl methyl sites for hydroxylation is 1. The number of hydrogen-bond donors (Lipinski definition) is 0. The molecule has 1 aliphatic carbocycles. The van der Waals surface area contributed by atoms with E-state index in [4.69, 9.17) is 27.9 Å². The van der Waals surface area contributed by atoms with Crippen LogP contribution in [-0.4, -0.2) is 39.9 Å². The molecule has 2 aromatic carbocycles. The molecule has 3 fully saturated rings. The number of benzene rings is 2. The quantitative estimate of drug-likeness (QED) is 0.181. The van der Waals surface area contributed by atoms with Crippen LogP contribution in [0.3, 0.4) is 0 Å². The first kappa shape index (κ1) is 26.7. The maximum absolute atomic E-state index is 13.1. The molecule has 5 rings (SSSR count). The summed E-state index contributed by atoms with van der Waals surface area (Å²) in [5.41, 5.74) is 1.57. The van der Waals surface area contributed by atoms with Gasteiger partial charge in [0, 0.05) is 27.6 Å². The van der Waals surface area contributed by atoms with Crippen molar-refractivity contribution in [2.75, 3.05) is 16.3 Å². The van der Waals surface area contributed by atoms with Crippen LogP contribution < -0.4 is 14.5 Å². The van der Waals surface area contributed by atoms with Crippen LogP contribution in [-0.2, 0) is 19.2 Å². The largest absolute Gasteiger partial charge is 0.426 e. The Morgan fingerprint density at radius 3 is 2.22 bits per heavy atom. The van der Waals surface area contributed by atoms with Crippen molar-refractivity contribution in [1.82, 2.24) is 0 Å². The van der Waals surface area contributed by atoms with Crippen LogP contribution in [0.4, 0.5) is 11.4 Å². The molecule has 0 radical (unpaired) electrons. The molecule has 0 unspecified atom stereocenters. The first-order valence-electron chi connectivity index (χ1n) is 11.8. The summed E-state index contributed by atoms with van der Waals surface area (Å²) in [7, 11) is 0. The summed E-state index contributed by atoms with van der Waals surface area (Å²) in [6, 6.07) is 9.62. The van der Waals surface area contributed by atoms with Crippen LogP contribution in [0.2, 0.25) is 10.0 Å². The standard InChI is InChI=1S/C26H22Br2Cl2N2O5/c1-12-6-15(3-5-21(12)32-24(34)16-9-18(27)19(28)10-17(16)25(32)35)37-26(36)13-7-23(33)31(11-13)22-8-14(29)2-4-20(22)30/h2-6,8,13,16-19H,7,9-11H2,1H3/t13-,16-,17-,18-,19+/m1/s1. The maximum atomic E-state index is 13.1. The Morgan fingerprint density at radius 2 is 1.59 bits per heavy atom. The monoisotopic (exact) mass is 670 g/mol. The number of ether oxygens (including phenoxy) is 1. The number of carbonyl (C=O) groups is 4. The Morgan fingerprint density at radius 1 is 0.946 bits per heavy atom. The summed E-state index contributed by atoms with van der Waals surface area (Å²) in [6.45, 7) is 1.88. The second-order valence-corrected chi connectivity index (χ2v) is 12.8. The van der Waals surface area contributed by atoms with Crippen molar-refractivity contribution >= 4 is 90.1 Å². The van der Waals surface area contributed by atoms with Gasteiger partial charge in [0.1, 0.15) is 5.75 Å². The van der Waals surface area contributed by atoms with Gasteiger partial charge in [-0.2, -0.15) is 0 Å². The number of nitrogens with zero attached hydrogens (tertiary/aromatic N) is 2. The van der Waals surface area contributed by atoms with Gasteiger partial charge < -0.3 is 9.64 Å². The lowest BCUT2D eigenvalue weighted by molar-refractivity contribution is -0.139. The van der Waals surface area contributed by atoms with E-state index in [2.05, 4.69) is 31.9 Å². The minimum atomic E-state index is -0.679. The number of carbonyl (C=O) groups excluding carboxylic acids is 4. The van der Waals surface area contributed by atoms with Gasteiger partial charge in [-0.05, 0) is 61.7 Å². The summed E-state index contributed by atoms with van der Waals surface area (Å²) in [5, 5.41) is 0.796. The number of halogens is 4. The van der Waals surface area contributed by atoms with Crippen molar-refractivity contribution in [2.24, 2.45) is 17.8 Å². The highest BCUT2D eigenvalue weighted by Gasteiger charge is 2.52. The first-order chi connectivity index (χ1) is 17.5. The van der Waals surface area contributed by atoms with E-state index in [1.165, 1.54) is 9.80 Å². The Balaban J connectivity index is 1.29. The number of hydrogen-bond acceptors (Lipinski definition) is 5. The van der Waals surface area contributed by atoms with Crippen LogP contribution in [0, 0.1) is 24.7 Å². The summed E-state index contributed by atoms with van der Waals surface area (Å²) in [4.78, 5) is 54.7. The van der Waals surface area contributed by atoms with Crippen molar-refractivity contribution in [2.45, 2.75) is 35.8 Å². The maximum Gasteiger partial charge on any atom is 0.316 e. The van der Waals surface area contributed by atoms with Crippen molar-refractivity contribution in [3.8, 4) is 5.75 Å². The Labute approximate surface area is 240 Å². The number of imide groups is 1. The topological polar surface area (TPSA) is 84.0 Å². The van der Waals surface area contributed by atoms with Crippen LogP contribution in [0.25, 0.3) is 0 Å². The molecule has 0 aromatic heterocycles. The highest BCUT2D eigenvalue weighted by Crippen LogP contribution is 2.45. The fraction of sp³-hybridized carbons (Fsp3) is 0.385. The molecule has 11 heteroatoms. The zero-order valence-electron chi connectivity index (χ0n) is 19.6. The third-order valence-electron chi connectivity index (χ3n) is 7.20. The summed E-state index contributed by atoms with van der Waals surface area (Å²) in [5.74, 6) is -2.30. The highest BCUT2D eigenvalue weighted by molar-refractivity contribution is 9.12. The second kappa shape index (κ2) is 10.3. The highest BCUT2D eigenvalue weighted by atomic mass is 79.9. The van der Waals surface area contributed by atoms with E-state index in [9.17, 15) is 19.2 Å². The van der Waals surface area contributed by atoms with Gasteiger partial charge in [-0.3, -0.25) is 19.2 Å². The third-order valence-corrected chi connectivity index (χ3v) is 10.5. The van der Waals surface area contributed by atoms with Crippen LogP contribution in [0.1, 0.15) is 24.8 Å². The van der Waals surface area contributed by atoms with E-state index >= 15 is 0 Å². The minimum absolute atomic E-state index is 0.0125. The van der Waals surface area contributed by atoms with Gasteiger partial charge in [-0.25, -0.2) is 4.90 Å². The fourth-order valence-electron chi connectivity index (χ4n) is 5.27. The van der Waals surface area contributed by atoms with Gasteiger partial charge in [0.05, 0.1) is 34.2 Å². The number of amides is 3. The van der Waals surface area contributed by atoms with Gasteiger partial charge in [-0.1, -0.05) is 55.1 Å². The van der Waals surface area contributed by atoms with Crippen molar-refractivity contribution < 1.29 is 23.9 Å². The average molecular weight is 673 g/mol. The lowest BCUT2D eigenvalue weighted by Crippen LogP contribution is -2.34. The lowest BCUT2D eigenvalue weighted by Gasteiger charge is -2.29. The summed E-state index contributed by atoms with van der Waals surface area (Å²) < 4.78 is 5.58. The summed E-state index contributed by atoms with van der Waals surface area (Å²) >= 11 is 19.5. The molecule has 5 atom stereocenters. The molecule has 2 saturated heterocycles. The van der Waals surface area contributed by atoms with E-state index in [0.29, 0.717) is 39.8 Å². The molecule has 2 aromatic rings. The van der Waals surface area contributed by atoms with E-state index < -0.39 is 11.9 Å². The molecule has 37 heavy (non-hydrogen) atoms. The molecule has 7 nitrogen and oxygen atoms in total. The summed E-state index contributed by atoms with van der Waals surface area (Å²) in [6.07, 6.45) is 1.17. The number of anilines is 2. The van der Waals surface area contributed by atoms with Crippen LogP contribution in [0.5, 0.6) is 5.75 Å². The average Bonchev–Trinajstić information content (AvgIpc) is 3.34. The van der Waals surface area contributed by atoms with E-state index in [-0.39, 0.29) is 57.9 Å². The van der Waals surface area contributed by atoms with E-state index in [1.807, 2.05) is 0 Å². The van der Waals surface area contributed by atoms with Gasteiger partial charge >= 0.3 is 5.97 Å². The molecule has 3 amide bonds. The zero-order valence-corrected chi connectivity index (χ0v) is 24.3. The third kappa shape index (κ3) is 4.95. The minimum Gasteiger partial charge on any atom is -0.426 e. The lowest BCUT2D eigenvalue weighted by atomic mass is 9.81. The number of rotatable bonds is 4. The van der Waals surface area contributed by atoms with Gasteiger partial charge in [0.15, 0.2) is 0 Å².